The van der Waals surface area contributed by atoms with Gasteiger partial charge in [-0.1, -0.05) is 36.4 Å². The summed E-state index contributed by atoms with van der Waals surface area (Å²) in [5.41, 5.74) is 2.79. The molecule has 0 aliphatic heterocycles. The first-order valence-corrected chi connectivity index (χ1v) is 9.19. The van der Waals surface area contributed by atoms with Gasteiger partial charge < -0.3 is 13.9 Å². The number of carbonyl (C=O) groups excluding carboxylic acids is 3. The Labute approximate surface area is 172 Å². The van der Waals surface area contributed by atoms with Crippen molar-refractivity contribution >= 4 is 23.2 Å². The highest BCUT2D eigenvalue weighted by atomic mass is 16.5. The van der Waals surface area contributed by atoms with Crippen molar-refractivity contribution in [3.8, 4) is 16.9 Å². The minimum atomic E-state index is -1.01. The highest BCUT2D eigenvalue weighted by molar-refractivity contribution is 6.42. The van der Waals surface area contributed by atoms with Crippen LogP contribution in [-0.4, -0.2) is 29.2 Å². The topological polar surface area (TPSA) is 74.1 Å². The standard InChI is InChI=1S/C24H17NO5/c1-29-23(27)17-10-12-19(13-11-17)30-24(28)22(26)21-20(16-7-3-2-4-8-16)15-18-9-5-6-14-25(18)21/h2-15H,1H3. The van der Waals surface area contributed by atoms with E-state index in [9.17, 15) is 14.4 Å². The molecule has 6 heteroatoms. The Bertz CT molecular complexity index is 1240. The summed E-state index contributed by atoms with van der Waals surface area (Å²) in [6.07, 6.45) is 1.73. The number of aromatic nitrogens is 1. The summed E-state index contributed by atoms with van der Waals surface area (Å²) in [5, 5.41) is 0. The Morgan fingerprint density at radius 3 is 2.23 bits per heavy atom. The lowest BCUT2D eigenvalue weighted by Crippen LogP contribution is -2.22. The number of nitrogens with zero attached hydrogens (tertiary/aromatic N) is 1. The molecule has 0 spiro atoms. The van der Waals surface area contributed by atoms with Crippen LogP contribution in [0.5, 0.6) is 5.75 Å². The van der Waals surface area contributed by atoms with Crippen molar-refractivity contribution in [2.24, 2.45) is 0 Å². The van der Waals surface area contributed by atoms with Gasteiger partial charge in [0, 0.05) is 17.3 Å². The van der Waals surface area contributed by atoms with Crippen molar-refractivity contribution in [1.29, 1.82) is 0 Å². The third-order valence-electron chi connectivity index (χ3n) is 4.65. The summed E-state index contributed by atoms with van der Waals surface area (Å²) in [4.78, 5) is 37.2. The van der Waals surface area contributed by atoms with Crippen LogP contribution < -0.4 is 4.74 Å². The van der Waals surface area contributed by atoms with Gasteiger partial charge in [0.1, 0.15) is 11.4 Å². The minimum absolute atomic E-state index is 0.156. The number of pyridine rings is 1. The third kappa shape index (κ3) is 3.58. The Hall–Kier alpha value is -4.19. The van der Waals surface area contributed by atoms with Crippen LogP contribution in [0.4, 0.5) is 0 Å². The molecule has 2 aromatic heterocycles. The monoisotopic (exact) mass is 399 g/mol. The molecule has 148 valence electrons. The zero-order valence-electron chi connectivity index (χ0n) is 16.1. The number of ether oxygens (including phenoxy) is 2. The largest absolute Gasteiger partial charge is 0.465 e. The molecule has 0 aliphatic carbocycles. The van der Waals surface area contributed by atoms with Gasteiger partial charge in [-0.3, -0.25) is 4.79 Å². The molecule has 0 bridgehead atoms. The zero-order chi connectivity index (χ0) is 21.1. The lowest BCUT2D eigenvalue weighted by Gasteiger charge is -2.07. The van der Waals surface area contributed by atoms with E-state index in [0.29, 0.717) is 11.1 Å². The van der Waals surface area contributed by atoms with Crippen LogP contribution in [0, 0.1) is 0 Å². The zero-order valence-corrected chi connectivity index (χ0v) is 16.1. The first-order valence-electron chi connectivity index (χ1n) is 9.19. The SMILES string of the molecule is COC(=O)c1ccc(OC(=O)C(=O)c2c(-c3ccccc3)cc3ccccn23)cc1. The van der Waals surface area contributed by atoms with Crippen molar-refractivity contribution in [3.63, 3.8) is 0 Å². The molecule has 30 heavy (non-hydrogen) atoms. The predicted molar refractivity (Wildman–Crippen MR) is 111 cm³/mol. The van der Waals surface area contributed by atoms with Crippen LogP contribution in [0.2, 0.25) is 0 Å². The Balaban J connectivity index is 1.67. The molecular weight excluding hydrogens is 382 g/mol. The van der Waals surface area contributed by atoms with Gasteiger partial charge in [0.05, 0.1) is 12.7 Å². The van der Waals surface area contributed by atoms with Crippen LogP contribution in [0.15, 0.2) is 85.1 Å². The molecule has 4 rings (SSSR count). The Morgan fingerprint density at radius 2 is 1.53 bits per heavy atom. The first-order chi connectivity index (χ1) is 14.6. The van der Waals surface area contributed by atoms with Gasteiger partial charge in [0.25, 0.3) is 5.78 Å². The van der Waals surface area contributed by atoms with Gasteiger partial charge in [-0.2, -0.15) is 0 Å². The van der Waals surface area contributed by atoms with Crippen LogP contribution in [0.1, 0.15) is 20.8 Å². The van der Waals surface area contributed by atoms with E-state index in [1.165, 1.54) is 31.4 Å². The summed E-state index contributed by atoms with van der Waals surface area (Å²) in [5.74, 6) is -2.13. The number of esters is 2. The maximum absolute atomic E-state index is 13.1. The van der Waals surface area contributed by atoms with Gasteiger partial charge in [-0.05, 0) is 48.0 Å². The molecule has 4 aromatic rings. The molecule has 0 N–H and O–H groups in total. The van der Waals surface area contributed by atoms with Gasteiger partial charge >= 0.3 is 11.9 Å². The number of methoxy groups -OCH3 is 1. The third-order valence-corrected chi connectivity index (χ3v) is 4.65. The minimum Gasteiger partial charge on any atom is -0.465 e. The average Bonchev–Trinajstić information content (AvgIpc) is 3.18. The molecule has 0 saturated carbocycles. The summed E-state index contributed by atoms with van der Waals surface area (Å²) in [6.45, 7) is 0. The molecular formula is C24H17NO5. The van der Waals surface area contributed by atoms with Crippen molar-refractivity contribution in [2.45, 2.75) is 0 Å². The molecule has 0 atom stereocenters. The molecule has 0 fully saturated rings. The molecule has 6 nitrogen and oxygen atoms in total. The molecule has 0 amide bonds. The van der Waals surface area contributed by atoms with E-state index < -0.39 is 17.7 Å². The van der Waals surface area contributed by atoms with Crippen molar-refractivity contribution in [1.82, 2.24) is 4.40 Å². The summed E-state index contributed by atoms with van der Waals surface area (Å²) < 4.78 is 11.6. The van der Waals surface area contributed by atoms with E-state index in [4.69, 9.17) is 4.74 Å². The quantitative estimate of drug-likeness (QED) is 0.218. The van der Waals surface area contributed by atoms with E-state index >= 15 is 0 Å². The molecule has 2 aromatic carbocycles. The van der Waals surface area contributed by atoms with E-state index in [-0.39, 0.29) is 11.4 Å². The second-order valence-electron chi connectivity index (χ2n) is 6.50. The fraction of sp³-hybridized carbons (Fsp3) is 0.0417. The molecule has 0 unspecified atom stereocenters. The van der Waals surface area contributed by atoms with Crippen LogP contribution in [0.25, 0.3) is 16.6 Å². The van der Waals surface area contributed by atoms with Crippen LogP contribution >= 0.6 is 0 Å². The molecule has 0 saturated heterocycles. The lowest BCUT2D eigenvalue weighted by molar-refractivity contribution is -0.129. The first kappa shape index (κ1) is 19.1. The Morgan fingerprint density at radius 1 is 0.833 bits per heavy atom. The molecule has 0 aliphatic rings. The smallest absolute Gasteiger partial charge is 0.386 e. The maximum Gasteiger partial charge on any atom is 0.386 e. The van der Waals surface area contributed by atoms with Gasteiger partial charge in [-0.15, -0.1) is 0 Å². The number of Topliss-reactive ketones (excluding diaryl/α,β-unsaturated/α-hetero) is 1. The number of rotatable bonds is 5. The summed E-state index contributed by atoms with van der Waals surface area (Å²) in [7, 11) is 1.28. The van der Waals surface area contributed by atoms with E-state index in [2.05, 4.69) is 4.74 Å². The van der Waals surface area contributed by atoms with Crippen molar-refractivity contribution in [3.05, 3.63) is 96.3 Å². The van der Waals surface area contributed by atoms with Crippen molar-refractivity contribution in [2.75, 3.05) is 7.11 Å². The van der Waals surface area contributed by atoms with Crippen molar-refractivity contribution < 1.29 is 23.9 Å². The fourth-order valence-electron chi connectivity index (χ4n) is 3.22. The van der Waals surface area contributed by atoms with Gasteiger partial charge in [0.15, 0.2) is 0 Å². The number of hydrogen-bond donors (Lipinski definition) is 0. The van der Waals surface area contributed by atoms with Crippen LogP contribution in [0.3, 0.4) is 0 Å². The van der Waals surface area contributed by atoms with Crippen LogP contribution in [-0.2, 0) is 9.53 Å². The number of benzene rings is 2. The second-order valence-corrected chi connectivity index (χ2v) is 6.50. The maximum atomic E-state index is 13.1. The van der Waals surface area contributed by atoms with Gasteiger partial charge in [-0.25, -0.2) is 9.59 Å². The number of carbonyl (C=O) groups is 3. The van der Waals surface area contributed by atoms with E-state index in [1.807, 2.05) is 48.5 Å². The average molecular weight is 399 g/mol. The normalized spacial score (nSPS) is 10.6. The highest BCUT2D eigenvalue weighted by Gasteiger charge is 2.26. The number of fused-ring (bicyclic) bond motifs is 1. The fourth-order valence-corrected chi connectivity index (χ4v) is 3.22. The second kappa shape index (κ2) is 8.05. The van der Waals surface area contributed by atoms with E-state index in [0.717, 1.165) is 11.1 Å². The number of ketones is 1. The van der Waals surface area contributed by atoms with E-state index in [1.54, 1.807) is 16.7 Å². The number of hydrogen-bond acceptors (Lipinski definition) is 5. The van der Waals surface area contributed by atoms with Gasteiger partial charge in [0.2, 0.25) is 0 Å². The molecule has 2 heterocycles. The predicted octanol–water partition coefficient (Wildman–Crippen LogP) is 4.18. The highest BCUT2D eigenvalue weighted by Crippen LogP contribution is 2.28. The summed E-state index contributed by atoms with van der Waals surface area (Å²) >= 11 is 0. The lowest BCUT2D eigenvalue weighted by atomic mass is 10.0. The molecule has 0 radical (unpaired) electrons. The summed E-state index contributed by atoms with van der Waals surface area (Å²) in [6, 6.07) is 22.5. The Kier molecular flexibility index (Phi) is 5.13.